The molecule has 2 saturated heterocycles. The third-order valence-corrected chi connectivity index (χ3v) is 13.2. The Morgan fingerprint density at radius 1 is 1.14 bits per heavy atom. The first-order valence-corrected chi connectivity index (χ1v) is 19.2. The highest BCUT2D eigenvalue weighted by atomic mass is 16.5. The van der Waals surface area contributed by atoms with Gasteiger partial charge in [-0.2, -0.15) is 0 Å². The number of anilines is 1. The van der Waals surface area contributed by atoms with Crippen LogP contribution in [-0.2, 0) is 11.3 Å². The van der Waals surface area contributed by atoms with Gasteiger partial charge in [-0.3, -0.25) is 19.4 Å². The number of carbonyl (C=O) groups excluding carboxylic acids is 2. The zero-order chi connectivity index (χ0) is 36.8. The SMILES string of the molecule is CCN1CCC[C@@H]1CNC(=O)c1cc(-c2cccc(CN3C[C@H](O)[C@@H]([C@H](C)O)[C@H]3C(=O)N[C@H]3C[C@@H]4C[C@@H]([C@@H]3C)C4(C)C)c2OC)cc(N(C)C)c1. The number of ether oxygens (including phenoxy) is 1. The summed E-state index contributed by atoms with van der Waals surface area (Å²) in [6.07, 6.45) is 2.73. The Labute approximate surface area is 304 Å². The third-order valence-electron chi connectivity index (χ3n) is 13.2. The van der Waals surface area contributed by atoms with Crippen LogP contribution in [-0.4, -0.2) is 110 Å². The number of para-hydroxylation sites is 1. The van der Waals surface area contributed by atoms with E-state index >= 15 is 0 Å². The topological polar surface area (TPSA) is 118 Å². The van der Waals surface area contributed by atoms with Crippen LogP contribution >= 0.6 is 0 Å². The van der Waals surface area contributed by atoms with Gasteiger partial charge in [0.1, 0.15) is 5.75 Å². The number of methoxy groups -OCH3 is 1. The van der Waals surface area contributed by atoms with E-state index in [1.54, 1.807) is 14.0 Å². The predicted molar refractivity (Wildman–Crippen MR) is 202 cm³/mol. The molecule has 3 aliphatic carbocycles. The Bertz CT molecular complexity index is 1580. The van der Waals surface area contributed by atoms with Gasteiger partial charge in [0.2, 0.25) is 5.91 Å². The number of aliphatic hydroxyl groups is 2. The van der Waals surface area contributed by atoms with Crippen molar-refractivity contribution in [2.24, 2.45) is 29.1 Å². The van der Waals surface area contributed by atoms with Crippen LogP contribution in [0, 0.1) is 29.1 Å². The first-order chi connectivity index (χ1) is 24.2. The van der Waals surface area contributed by atoms with E-state index in [2.05, 4.69) is 49.3 Å². The lowest BCUT2D eigenvalue weighted by molar-refractivity contribution is -0.139. The van der Waals surface area contributed by atoms with Crippen LogP contribution in [0.1, 0.15) is 76.2 Å². The molecule has 2 heterocycles. The Kier molecular flexibility index (Phi) is 11.1. The van der Waals surface area contributed by atoms with E-state index in [-0.39, 0.29) is 24.4 Å². The highest BCUT2D eigenvalue weighted by Crippen LogP contribution is 2.61. The molecule has 2 aliphatic heterocycles. The number of nitrogens with zero attached hydrogens (tertiary/aromatic N) is 3. The molecular formula is C41H61N5O5. The fraction of sp³-hybridized carbons (Fsp3) is 0.659. The lowest BCUT2D eigenvalue weighted by Crippen LogP contribution is -2.62. The van der Waals surface area contributed by atoms with Crippen molar-refractivity contribution in [3.05, 3.63) is 47.5 Å². The largest absolute Gasteiger partial charge is 0.496 e. The minimum absolute atomic E-state index is 0.0838. The number of likely N-dealkylation sites (tertiary alicyclic amines) is 2. The van der Waals surface area contributed by atoms with Crippen molar-refractivity contribution < 1.29 is 24.5 Å². The van der Waals surface area contributed by atoms with E-state index in [1.807, 2.05) is 54.2 Å². The number of rotatable bonds is 12. The molecule has 51 heavy (non-hydrogen) atoms. The number of β-amino-alcohol motifs (C(OH)–C–C–N with tert-alkyl or cyclic N) is 1. The molecule has 2 aromatic carbocycles. The van der Waals surface area contributed by atoms with E-state index in [9.17, 15) is 19.8 Å². The van der Waals surface area contributed by atoms with Crippen molar-refractivity contribution in [2.75, 3.05) is 52.3 Å². The Hall–Kier alpha value is -3.18. The molecule has 2 aromatic rings. The molecule has 2 amide bonds. The molecule has 5 fully saturated rings. The van der Waals surface area contributed by atoms with Crippen molar-refractivity contribution in [1.82, 2.24) is 20.4 Å². The van der Waals surface area contributed by atoms with Crippen molar-refractivity contribution in [3.8, 4) is 16.9 Å². The number of amides is 2. The van der Waals surface area contributed by atoms with Crippen molar-refractivity contribution in [3.63, 3.8) is 0 Å². The highest BCUT2D eigenvalue weighted by Gasteiger charge is 2.57. The van der Waals surface area contributed by atoms with Crippen LogP contribution in [0.15, 0.2) is 36.4 Å². The number of carbonyl (C=O) groups is 2. The maximum Gasteiger partial charge on any atom is 0.251 e. The van der Waals surface area contributed by atoms with Gasteiger partial charge < -0.3 is 30.5 Å². The summed E-state index contributed by atoms with van der Waals surface area (Å²) < 4.78 is 6.09. The van der Waals surface area contributed by atoms with Crippen LogP contribution in [0.25, 0.3) is 11.1 Å². The molecule has 280 valence electrons. The van der Waals surface area contributed by atoms with Gasteiger partial charge >= 0.3 is 0 Å². The number of likely N-dealkylation sites (N-methyl/N-ethyl adjacent to an activating group) is 1. The normalized spacial score (nSPS) is 30.8. The summed E-state index contributed by atoms with van der Waals surface area (Å²) in [4.78, 5) is 34.2. The smallest absolute Gasteiger partial charge is 0.251 e. The van der Waals surface area contributed by atoms with Gasteiger partial charge in [-0.1, -0.05) is 45.9 Å². The number of hydrogen-bond donors (Lipinski definition) is 4. The maximum absolute atomic E-state index is 14.2. The van der Waals surface area contributed by atoms with Gasteiger partial charge in [0.15, 0.2) is 0 Å². The van der Waals surface area contributed by atoms with Crippen LogP contribution < -0.4 is 20.3 Å². The number of fused-ring (bicyclic) bond motifs is 2. The second-order valence-corrected chi connectivity index (χ2v) is 16.6. The van der Waals surface area contributed by atoms with Crippen LogP contribution in [0.3, 0.4) is 0 Å². The average molecular weight is 704 g/mol. The Morgan fingerprint density at radius 3 is 2.55 bits per heavy atom. The summed E-state index contributed by atoms with van der Waals surface area (Å²) in [5.74, 6) is 1.37. The summed E-state index contributed by atoms with van der Waals surface area (Å²) in [5, 5.41) is 28.6. The van der Waals surface area contributed by atoms with E-state index in [1.165, 1.54) is 6.42 Å². The van der Waals surface area contributed by atoms with Gasteiger partial charge in [0.05, 0.1) is 25.4 Å². The summed E-state index contributed by atoms with van der Waals surface area (Å²) in [6, 6.07) is 11.6. The summed E-state index contributed by atoms with van der Waals surface area (Å²) in [7, 11) is 5.57. The maximum atomic E-state index is 14.2. The fourth-order valence-electron chi connectivity index (χ4n) is 10.0. The second-order valence-electron chi connectivity index (χ2n) is 16.6. The molecule has 0 spiro atoms. The molecular weight excluding hydrogens is 642 g/mol. The molecule has 0 radical (unpaired) electrons. The predicted octanol–water partition coefficient (Wildman–Crippen LogP) is 4.37. The molecule has 0 unspecified atom stereocenters. The van der Waals surface area contributed by atoms with Gasteiger partial charge in [0, 0.05) is 74.1 Å². The minimum atomic E-state index is -0.859. The second kappa shape index (κ2) is 15.0. The summed E-state index contributed by atoms with van der Waals surface area (Å²) in [5.41, 5.74) is 4.35. The number of benzene rings is 2. The molecule has 0 aromatic heterocycles. The van der Waals surface area contributed by atoms with E-state index in [0.29, 0.717) is 53.6 Å². The van der Waals surface area contributed by atoms with Gasteiger partial charge in [0.25, 0.3) is 5.91 Å². The van der Waals surface area contributed by atoms with E-state index in [4.69, 9.17) is 4.74 Å². The molecule has 5 aliphatic rings. The molecule has 10 heteroatoms. The first kappa shape index (κ1) is 37.6. The fourth-order valence-corrected chi connectivity index (χ4v) is 10.0. The molecule has 10 nitrogen and oxygen atoms in total. The lowest BCUT2D eigenvalue weighted by Gasteiger charge is -2.62. The van der Waals surface area contributed by atoms with Gasteiger partial charge in [-0.25, -0.2) is 0 Å². The minimum Gasteiger partial charge on any atom is -0.496 e. The molecule has 3 saturated carbocycles. The summed E-state index contributed by atoms with van der Waals surface area (Å²) in [6.45, 7) is 14.1. The first-order valence-electron chi connectivity index (χ1n) is 19.2. The number of nitrogens with one attached hydrogen (secondary N) is 2. The number of hydrogen-bond acceptors (Lipinski definition) is 8. The van der Waals surface area contributed by atoms with Crippen LogP contribution in [0.4, 0.5) is 5.69 Å². The monoisotopic (exact) mass is 703 g/mol. The van der Waals surface area contributed by atoms with Crippen LogP contribution in [0.2, 0.25) is 0 Å². The zero-order valence-electron chi connectivity index (χ0n) is 32.0. The highest BCUT2D eigenvalue weighted by molar-refractivity contribution is 5.97. The quantitative estimate of drug-likeness (QED) is 0.258. The van der Waals surface area contributed by atoms with Gasteiger partial charge in [-0.05, 0) is 92.6 Å². The zero-order valence-corrected chi connectivity index (χ0v) is 32.0. The van der Waals surface area contributed by atoms with E-state index in [0.717, 1.165) is 54.7 Å². The van der Waals surface area contributed by atoms with E-state index < -0.39 is 24.2 Å². The molecule has 2 bridgehead atoms. The van der Waals surface area contributed by atoms with Crippen molar-refractivity contribution >= 4 is 17.5 Å². The number of aliphatic hydroxyl groups excluding tert-OH is 2. The van der Waals surface area contributed by atoms with Gasteiger partial charge in [-0.15, -0.1) is 0 Å². The molecule has 4 N–H and O–H groups in total. The Morgan fingerprint density at radius 2 is 1.90 bits per heavy atom. The van der Waals surface area contributed by atoms with Crippen molar-refractivity contribution in [2.45, 2.75) is 97.2 Å². The third kappa shape index (κ3) is 7.26. The van der Waals surface area contributed by atoms with Crippen LogP contribution in [0.5, 0.6) is 5.75 Å². The standard InChI is InChI=1S/C41H61N5O5/c1-9-45-15-11-13-30(45)21-42-39(49)28-16-27(17-31(18-28)44(6)7)32-14-10-12-26(38(32)51-8)22-46-23-35(48)36(25(3)47)37(46)40(50)43-34-20-29-19-33(24(34)2)41(29,4)5/h10,12,14,16-18,24-25,29-30,33-37,47-48H,9,11,13,15,19-23H2,1-8H3,(H,42,49)(H,43,50)/t24-,25-,29-,30+,33-,34-,35-,36+,37-/m0/s1. The average Bonchev–Trinajstić information content (AvgIpc) is 3.70. The molecule has 9 atom stereocenters. The molecule has 7 rings (SSSR count). The summed E-state index contributed by atoms with van der Waals surface area (Å²) >= 11 is 0. The lowest BCUT2D eigenvalue weighted by atomic mass is 9.45. The van der Waals surface area contributed by atoms with Crippen molar-refractivity contribution in [1.29, 1.82) is 0 Å². The Balaban J connectivity index is 1.25.